The lowest BCUT2D eigenvalue weighted by molar-refractivity contribution is 0.627. The predicted molar refractivity (Wildman–Crippen MR) is 58.9 cm³/mol. The van der Waals surface area contributed by atoms with E-state index < -0.39 is 0 Å². The average molecular weight is 320 g/mol. The van der Waals surface area contributed by atoms with Crippen LogP contribution in [0.4, 0.5) is 4.39 Å². The van der Waals surface area contributed by atoms with Crippen LogP contribution in [0.25, 0.3) is 5.69 Å². The van der Waals surface area contributed by atoms with Crippen molar-refractivity contribution in [1.82, 2.24) is 9.55 Å². The van der Waals surface area contributed by atoms with Gasteiger partial charge in [0, 0.05) is 11.9 Å². The van der Waals surface area contributed by atoms with Crippen LogP contribution in [-0.4, -0.2) is 9.55 Å². The average Bonchev–Trinajstić information content (AvgIpc) is 2.47. The number of aromatic nitrogens is 2. The topological polar surface area (TPSA) is 17.8 Å². The molecule has 72 valence electrons. The van der Waals surface area contributed by atoms with Gasteiger partial charge in [-0.15, -0.1) is 0 Å². The molecule has 0 bridgehead atoms. The minimum absolute atomic E-state index is 0.246. The number of halogens is 3. The molecule has 1 aromatic heterocycles. The molecule has 0 fully saturated rings. The van der Waals surface area contributed by atoms with E-state index in [9.17, 15) is 4.39 Å². The van der Waals surface area contributed by atoms with Crippen molar-refractivity contribution in [1.29, 1.82) is 0 Å². The lowest BCUT2D eigenvalue weighted by Gasteiger charge is -2.02. The molecule has 14 heavy (non-hydrogen) atoms. The molecule has 5 heteroatoms. The number of rotatable bonds is 1. The first-order valence-electron chi connectivity index (χ1n) is 3.83. The Hall–Kier alpha value is -0.680. The molecule has 2 aromatic rings. The smallest absolute Gasteiger partial charge is 0.182 e. The number of hydrogen-bond acceptors (Lipinski definition) is 1. The van der Waals surface area contributed by atoms with Crippen LogP contribution in [0, 0.1) is 5.82 Å². The highest BCUT2D eigenvalue weighted by Crippen LogP contribution is 2.20. The van der Waals surface area contributed by atoms with Gasteiger partial charge in [-0.25, -0.2) is 9.37 Å². The summed E-state index contributed by atoms with van der Waals surface area (Å²) in [5.74, 6) is -0.246. The fourth-order valence-corrected chi connectivity index (χ4v) is 2.22. The van der Waals surface area contributed by atoms with Crippen LogP contribution >= 0.6 is 31.9 Å². The van der Waals surface area contributed by atoms with E-state index in [0.29, 0.717) is 4.73 Å². The number of imidazole rings is 1. The van der Waals surface area contributed by atoms with Gasteiger partial charge >= 0.3 is 0 Å². The van der Waals surface area contributed by atoms with Crippen LogP contribution in [0.15, 0.2) is 39.8 Å². The molecule has 2 rings (SSSR count). The summed E-state index contributed by atoms with van der Waals surface area (Å²) < 4.78 is 15.9. The lowest BCUT2D eigenvalue weighted by atomic mass is 10.3. The van der Waals surface area contributed by atoms with E-state index in [0.717, 1.165) is 10.3 Å². The summed E-state index contributed by atoms with van der Waals surface area (Å²) in [7, 11) is 0. The molecule has 2 nitrogen and oxygen atoms in total. The molecular weight excluding hydrogens is 315 g/mol. The first kappa shape index (κ1) is 9.86. The van der Waals surface area contributed by atoms with Crippen molar-refractivity contribution >= 4 is 31.9 Å². The quantitative estimate of drug-likeness (QED) is 0.786. The van der Waals surface area contributed by atoms with Crippen LogP contribution in [0.5, 0.6) is 0 Å². The molecule has 0 aliphatic heterocycles. The van der Waals surface area contributed by atoms with Gasteiger partial charge in [-0.3, -0.25) is 4.57 Å². The highest BCUT2D eigenvalue weighted by molar-refractivity contribution is 9.11. The van der Waals surface area contributed by atoms with Gasteiger partial charge in [0.25, 0.3) is 0 Å². The Kier molecular flexibility index (Phi) is 2.69. The van der Waals surface area contributed by atoms with Crippen LogP contribution in [0.1, 0.15) is 0 Å². The zero-order valence-corrected chi connectivity index (χ0v) is 10.1. The van der Waals surface area contributed by atoms with E-state index in [1.807, 2.05) is 4.57 Å². The van der Waals surface area contributed by atoms with Crippen molar-refractivity contribution in [3.05, 3.63) is 45.6 Å². The molecule has 0 spiro atoms. The van der Waals surface area contributed by atoms with Gasteiger partial charge in [0.2, 0.25) is 0 Å². The Balaban J connectivity index is 2.49. The van der Waals surface area contributed by atoms with Gasteiger partial charge in [0.05, 0.1) is 0 Å². The molecular formula is C9H5Br2FN2. The standard InChI is InChI=1S/C9H5Br2FN2/c10-8-5-14(9(11)13-8)7-3-1-6(12)2-4-7/h1-5H. The van der Waals surface area contributed by atoms with Crippen LogP contribution in [-0.2, 0) is 0 Å². The van der Waals surface area contributed by atoms with Crippen LogP contribution < -0.4 is 0 Å². The van der Waals surface area contributed by atoms with E-state index in [4.69, 9.17) is 0 Å². The van der Waals surface area contributed by atoms with Crippen molar-refractivity contribution in [3.63, 3.8) is 0 Å². The minimum Gasteiger partial charge on any atom is -0.293 e. The first-order chi connectivity index (χ1) is 6.66. The van der Waals surface area contributed by atoms with Gasteiger partial charge in [-0.1, -0.05) is 0 Å². The zero-order valence-electron chi connectivity index (χ0n) is 6.92. The zero-order chi connectivity index (χ0) is 10.1. The molecule has 0 unspecified atom stereocenters. The van der Waals surface area contributed by atoms with Gasteiger partial charge < -0.3 is 0 Å². The van der Waals surface area contributed by atoms with E-state index in [1.54, 1.807) is 18.3 Å². The first-order valence-corrected chi connectivity index (χ1v) is 5.42. The third-order valence-corrected chi connectivity index (χ3v) is 2.68. The Morgan fingerprint density at radius 2 is 1.79 bits per heavy atom. The van der Waals surface area contributed by atoms with E-state index in [1.165, 1.54) is 12.1 Å². The SMILES string of the molecule is Fc1ccc(-n2cc(Br)nc2Br)cc1. The van der Waals surface area contributed by atoms with Gasteiger partial charge in [-0.2, -0.15) is 0 Å². The van der Waals surface area contributed by atoms with Crippen molar-refractivity contribution in [2.45, 2.75) is 0 Å². The second-order valence-electron chi connectivity index (χ2n) is 2.68. The van der Waals surface area contributed by atoms with E-state index in [2.05, 4.69) is 36.8 Å². The number of benzene rings is 1. The molecule has 0 aliphatic carbocycles. The van der Waals surface area contributed by atoms with E-state index >= 15 is 0 Å². The molecule has 0 amide bonds. The molecule has 0 N–H and O–H groups in total. The van der Waals surface area contributed by atoms with Gasteiger partial charge in [0.1, 0.15) is 10.4 Å². The Morgan fingerprint density at radius 3 is 2.29 bits per heavy atom. The Labute approximate surface area is 97.0 Å². The molecule has 0 radical (unpaired) electrons. The monoisotopic (exact) mass is 318 g/mol. The normalized spacial score (nSPS) is 10.5. The highest BCUT2D eigenvalue weighted by atomic mass is 79.9. The molecule has 1 aromatic carbocycles. The summed E-state index contributed by atoms with van der Waals surface area (Å²) in [4.78, 5) is 4.11. The third-order valence-electron chi connectivity index (χ3n) is 1.74. The van der Waals surface area contributed by atoms with Crippen molar-refractivity contribution in [2.24, 2.45) is 0 Å². The van der Waals surface area contributed by atoms with Gasteiger partial charge in [-0.05, 0) is 56.1 Å². The Morgan fingerprint density at radius 1 is 1.14 bits per heavy atom. The fourth-order valence-electron chi connectivity index (χ4n) is 1.11. The maximum absolute atomic E-state index is 12.7. The molecule has 1 heterocycles. The number of nitrogens with zero attached hydrogens (tertiary/aromatic N) is 2. The molecule has 0 saturated carbocycles. The largest absolute Gasteiger partial charge is 0.293 e. The summed E-state index contributed by atoms with van der Waals surface area (Å²) in [5, 5.41) is 0. The van der Waals surface area contributed by atoms with Crippen molar-refractivity contribution < 1.29 is 4.39 Å². The molecule has 0 atom stereocenters. The van der Waals surface area contributed by atoms with E-state index in [-0.39, 0.29) is 5.82 Å². The second-order valence-corrected chi connectivity index (χ2v) is 4.20. The maximum Gasteiger partial charge on any atom is 0.182 e. The molecule has 0 saturated heterocycles. The van der Waals surface area contributed by atoms with Crippen LogP contribution in [0.2, 0.25) is 0 Å². The lowest BCUT2D eigenvalue weighted by Crippen LogP contribution is -1.92. The Bertz CT molecular complexity index is 450. The second kappa shape index (κ2) is 3.82. The maximum atomic E-state index is 12.7. The molecule has 0 aliphatic rings. The minimum atomic E-state index is -0.246. The summed E-state index contributed by atoms with van der Waals surface area (Å²) >= 11 is 6.56. The summed E-state index contributed by atoms with van der Waals surface area (Å²) in [6.45, 7) is 0. The fraction of sp³-hybridized carbons (Fsp3) is 0. The summed E-state index contributed by atoms with van der Waals surface area (Å²) in [6.07, 6.45) is 1.80. The van der Waals surface area contributed by atoms with Crippen molar-refractivity contribution in [2.75, 3.05) is 0 Å². The van der Waals surface area contributed by atoms with Crippen LogP contribution in [0.3, 0.4) is 0 Å². The van der Waals surface area contributed by atoms with Gasteiger partial charge in [0.15, 0.2) is 4.73 Å². The summed E-state index contributed by atoms with van der Waals surface area (Å²) in [6, 6.07) is 6.20. The highest BCUT2D eigenvalue weighted by Gasteiger charge is 2.04. The van der Waals surface area contributed by atoms with Crippen molar-refractivity contribution in [3.8, 4) is 5.69 Å². The number of hydrogen-bond donors (Lipinski definition) is 0. The third kappa shape index (κ3) is 1.88. The predicted octanol–water partition coefficient (Wildman–Crippen LogP) is 3.54. The summed E-state index contributed by atoms with van der Waals surface area (Å²) in [5.41, 5.74) is 0.858.